The van der Waals surface area contributed by atoms with E-state index in [0.29, 0.717) is 0 Å². The van der Waals surface area contributed by atoms with Crippen LogP contribution < -0.4 is 9.62 Å². The first-order valence-corrected chi connectivity index (χ1v) is 9.61. The first-order chi connectivity index (χ1) is 13.2. The van der Waals surface area contributed by atoms with E-state index < -0.39 is 40.2 Å². The summed E-state index contributed by atoms with van der Waals surface area (Å²) in [6.45, 7) is 0.978. The lowest BCUT2D eigenvalue weighted by Crippen LogP contribution is -2.36. The number of carbonyl (C=O) groups is 3. The smallest absolute Gasteiger partial charge is 0.326 e. The molecule has 1 aliphatic rings. The van der Waals surface area contributed by atoms with E-state index in [9.17, 15) is 27.2 Å². The van der Waals surface area contributed by atoms with Crippen LogP contribution in [0, 0.1) is 5.82 Å². The third kappa shape index (κ3) is 3.58. The number of esters is 1. The van der Waals surface area contributed by atoms with Crippen LogP contribution in [-0.4, -0.2) is 39.4 Å². The fraction of sp³-hybridized carbons (Fsp3) is 0.167. The van der Waals surface area contributed by atoms with Gasteiger partial charge in [0.15, 0.2) is 0 Å². The molecule has 0 atom stereocenters. The van der Waals surface area contributed by atoms with E-state index in [0.717, 1.165) is 28.6 Å². The second-order valence-electron chi connectivity index (χ2n) is 5.78. The first kappa shape index (κ1) is 19.5. The number of benzene rings is 2. The number of amides is 2. The van der Waals surface area contributed by atoms with Gasteiger partial charge in [-0.2, -0.15) is 0 Å². The number of rotatable bonds is 6. The minimum Gasteiger partial charge on any atom is -0.465 e. The molecular weight excluding hydrogens is 391 g/mol. The Morgan fingerprint density at radius 1 is 1.07 bits per heavy atom. The largest absolute Gasteiger partial charge is 0.465 e. The Morgan fingerprint density at radius 2 is 1.71 bits per heavy atom. The Morgan fingerprint density at radius 3 is 2.36 bits per heavy atom. The average Bonchev–Trinajstić information content (AvgIpc) is 2.94. The van der Waals surface area contributed by atoms with Crippen LogP contribution in [0.1, 0.15) is 27.6 Å². The van der Waals surface area contributed by atoms with E-state index >= 15 is 0 Å². The second kappa shape index (κ2) is 7.39. The minimum atomic E-state index is -4.32. The summed E-state index contributed by atoms with van der Waals surface area (Å²) in [5, 5.41) is 2.07. The quantitative estimate of drug-likeness (QED) is 0.575. The molecule has 1 heterocycles. The maximum absolute atomic E-state index is 13.2. The van der Waals surface area contributed by atoms with Crippen LogP contribution in [0.4, 0.5) is 10.1 Å². The van der Waals surface area contributed by atoms with Gasteiger partial charge in [-0.05, 0) is 49.4 Å². The van der Waals surface area contributed by atoms with Gasteiger partial charge in [-0.3, -0.25) is 24.0 Å². The topological polar surface area (TPSA) is 110 Å². The molecule has 0 radical (unpaired) electrons. The summed E-state index contributed by atoms with van der Waals surface area (Å²) >= 11 is 0. The van der Waals surface area contributed by atoms with Gasteiger partial charge in [0.05, 0.1) is 28.3 Å². The molecule has 28 heavy (non-hydrogen) atoms. The van der Waals surface area contributed by atoms with Crippen LogP contribution in [0.25, 0.3) is 0 Å². The fourth-order valence-corrected chi connectivity index (χ4v) is 4.12. The van der Waals surface area contributed by atoms with Crippen LogP contribution in [0.3, 0.4) is 0 Å². The van der Waals surface area contributed by atoms with Crippen molar-refractivity contribution in [2.45, 2.75) is 11.8 Å². The van der Waals surface area contributed by atoms with E-state index in [1.165, 1.54) is 18.2 Å². The Kier molecular flexibility index (Phi) is 5.14. The lowest BCUT2D eigenvalue weighted by Gasteiger charge is -2.23. The molecule has 0 unspecified atom stereocenters. The highest BCUT2D eigenvalue weighted by molar-refractivity contribution is 7.92. The number of fused-ring (bicyclic) bond motifs is 1. The summed E-state index contributed by atoms with van der Waals surface area (Å²) in [5.74, 6) is -2.71. The Bertz CT molecular complexity index is 1070. The molecule has 0 aromatic heterocycles. The summed E-state index contributed by atoms with van der Waals surface area (Å²) in [6, 6.07) is 7.96. The molecule has 2 aromatic rings. The minimum absolute atomic E-state index is 0.0375. The average molecular weight is 406 g/mol. The molecule has 0 bridgehead atoms. The van der Waals surface area contributed by atoms with Gasteiger partial charge in [0.25, 0.3) is 21.8 Å². The van der Waals surface area contributed by atoms with Crippen molar-refractivity contribution in [3.05, 3.63) is 59.4 Å². The zero-order chi connectivity index (χ0) is 20.5. The normalized spacial score (nSPS) is 13.1. The van der Waals surface area contributed by atoms with Gasteiger partial charge in [0, 0.05) is 0 Å². The molecule has 1 N–H and O–H groups in total. The van der Waals surface area contributed by atoms with Crippen molar-refractivity contribution >= 4 is 33.5 Å². The molecule has 2 amide bonds. The lowest BCUT2D eigenvalue weighted by atomic mass is 10.1. The van der Waals surface area contributed by atoms with Crippen molar-refractivity contribution in [1.29, 1.82) is 0 Å². The van der Waals surface area contributed by atoms with E-state index in [1.54, 1.807) is 6.92 Å². The first-order valence-electron chi connectivity index (χ1n) is 8.17. The molecule has 0 aliphatic carbocycles. The number of anilines is 1. The molecule has 0 saturated carbocycles. The van der Waals surface area contributed by atoms with E-state index in [2.05, 4.69) is 5.32 Å². The molecule has 2 aromatic carbocycles. The molecule has 0 saturated heterocycles. The van der Waals surface area contributed by atoms with Crippen molar-refractivity contribution in [3.63, 3.8) is 0 Å². The third-order valence-electron chi connectivity index (χ3n) is 3.99. The molecule has 3 rings (SSSR count). The maximum Gasteiger partial charge on any atom is 0.326 e. The number of hydrogen-bond donors (Lipinski definition) is 1. The van der Waals surface area contributed by atoms with Crippen LogP contribution in [-0.2, 0) is 19.6 Å². The number of sulfonamides is 1. The predicted octanol–water partition coefficient (Wildman–Crippen LogP) is 1.47. The number of nitrogens with zero attached hydrogens (tertiary/aromatic N) is 1. The Balaban J connectivity index is 2.06. The fourth-order valence-electron chi connectivity index (χ4n) is 2.68. The van der Waals surface area contributed by atoms with Crippen LogP contribution in [0.2, 0.25) is 0 Å². The Hall–Kier alpha value is -3.27. The Labute approximate surface area is 160 Å². The number of halogens is 1. The van der Waals surface area contributed by atoms with Crippen molar-refractivity contribution in [2.75, 3.05) is 17.5 Å². The number of carbonyl (C=O) groups excluding carboxylic acids is 3. The van der Waals surface area contributed by atoms with E-state index in [4.69, 9.17) is 4.74 Å². The molecule has 1 aliphatic heterocycles. The van der Waals surface area contributed by atoms with Gasteiger partial charge >= 0.3 is 5.97 Å². The number of imide groups is 1. The monoisotopic (exact) mass is 406 g/mol. The number of ether oxygens (including phenoxy) is 1. The second-order valence-corrected chi connectivity index (χ2v) is 7.65. The SMILES string of the molecule is CCOC(=O)CN(c1ccc(F)cc1)S(=O)(=O)c1ccc2c(c1)C(=O)NC2=O. The van der Waals surface area contributed by atoms with Gasteiger partial charge in [0.2, 0.25) is 0 Å². The van der Waals surface area contributed by atoms with Gasteiger partial charge in [-0.1, -0.05) is 0 Å². The molecule has 0 spiro atoms. The van der Waals surface area contributed by atoms with Crippen LogP contribution >= 0.6 is 0 Å². The molecule has 8 nitrogen and oxygen atoms in total. The maximum atomic E-state index is 13.2. The van der Waals surface area contributed by atoms with Crippen LogP contribution in [0.5, 0.6) is 0 Å². The van der Waals surface area contributed by atoms with Crippen molar-refractivity contribution in [1.82, 2.24) is 5.32 Å². The zero-order valence-electron chi connectivity index (χ0n) is 14.6. The summed E-state index contributed by atoms with van der Waals surface area (Å²) in [6.07, 6.45) is 0. The van der Waals surface area contributed by atoms with Crippen molar-refractivity contribution in [3.8, 4) is 0 Å². The molecule has 0 fully saturated rings. The molecular formula is C18H15FN2O6S. The van der Waals surface area contributed by atoms with Gasteiger partial charge < -0.3 is 4.74 Å². The van der Waals surface area contributed by atoms with Gasteiger partial charge in [-0.15, -0.1) is 0 Å². The summed E-state index contributed by atoms with van der Waals surface area (Å²) in [7, 11) is -4.32. The third-order valence-corrected chi connectivity index (χ3v) is 5.76. The van der Waals surface area contributed by atoms with Gasteiger partial charge in [0.1, 0.15) is 12.4 Å². The molecule has 146 valence electrons. The van der Waals surface area contributed by atoms with Crippen molar-refractivity contribution in [2.24, 2.45) is 0 Å². The lowest BCUT2D eigenvalue weighted by molar-refractivity contribution is -0.141. The highest BCUT2D eigenvalue weighted by Gasteiger charge is 2.32. The summed E-state index contributed by atoms with van der Waals surface area (Å²) < 4.78 is 45.1. The summed E-state index contributed by atoms with van der Waals surface area (Å²) in [4.78, 5) is 35.1. The predicted molar refractivity (Wildman–Crippen MR) is 95.8 cm³/mol. The van der Waals surface area contributed by atoms with Gasteiger partial charge in [-0.25, -0.2) is 12.8 Å². The highest BCUT2D eigenvalue weighted by atomic mass is 32.2. The highest BCUT2D eigenvalue weighted by Crippen LogP contribution is 2.27. The standard InChI is InChI=1S/C18H15FN2O6S/c1-2-27-16(22)10-21(12-5-3-11(19)4-6-12)28(25,26)13-7-8-14-15(9-13)18(24)20-17(14)23/h3-9H,2,10H2,1H3,(H,20,23,24). The zero-order valence-corrected chi connectivity index (χ0v) is 15.5. The van der Waals surface area contributed by atoms with Crippen molar-refractivity contribution < 1.29 is 31.9 Å². The van der Waals surface area contributed by atoms with E-state index in [1.807, 2.05) is 0 Å². The number of hydrogen-bond acceptors (Lipinski definition) is 6. The van der Waals surface area contributed by atoms with E-state index in [-0.39, 0.29) is 28.3 Å². The number of nitrogens with one attached hydrogen (secondary N) is 1. The van der Waals surface area contributed by atoms with Crippen LogP contribution in [0.15, 0.2) is 47.4 Å². The summed E-state index contributed by atoms with van der Waals surface area (Å²) in [5.41, 5.74) is 0.0134. The molecule has 10 heteroatoms.